The molecule has 6 nitrogen and oxygen atoms in total. The summed E-state index contributed by atoms with van der Waals surface area (Å²) >= 11 is 0. The molecule has 0 amide bonds. The minimum Gasteiger partial charge on any atom is -0.494 e. The van der Waals surface area contributed by atoms with Crippen molar-refractivity contribution < 1.29 is 17.9 Å². The Labute approximate surface area is 171 Å². The summed E-state index contributed by atoms with van der Waals surface area (Å²) in [5.41, 5.74) is 1.66. The van der Waals surface area contributed by atoms with E-state index >= 15 is 0 Å². The van der Waals surface area contributed by atoms with E-state index in [1.807, 2.05) is 50.2 Å². The fraction of sp³-hybridized carbons (Fsp3) is 0.318. The van der Waals surface area contributed by atoms with Crippen LogP contribution in [-0.4, -0.2) is 43.5 Å². The van der Waals surface area contributed by atoms with E-state index < -0.39 is 10.0 Å². The Bertz CT molecular complexity index is 1130. The van der Waals surface area contributed by atoms with Gasteiger partial charge < -0.3 is 9.47 Å². The van der Waals surface area contributed by atoms with Crippen molar-refractivity contribution in [1.29, 1.82) is 0 Å². The van der Waals surface area contributed by atoms with Crippen LogP contribution < -0.4 is 9.47 Å². The number of ether oxygens (including phenoxy) is 2. The van der Waals surface area contributed by atoms with Gasteiger partial charge in [0.1, 0.15) is 11.9 Å². The van der Waals surface area contributed by atoms with Gasteiger partial charge in [0, 0.05) is 18.0 Å². The minimum atomic E-state index is -3.58. The maximum atomic E-state index is 13.0. The third kappa shape index (κ3) is 4.06. The van der Waals surface area contributed by atoms with Crippen molar-refractivity contribution in [2.75, 3.05) is 19.7 Å². The summed E-state index contributed by atoms with van der Waals surface area (Å²) in [4.78, 5) is 4.80. The number of rotatable bonds is 6. The summed E-state index contributed by atoms with van der Waals surface area (Å²) in [6, 6.07) is 16.6. The zero-order valence-corrected chi connectivity index (χ0v) is 17.4. The number of fused-ring (bicyclic) bond motifs is 1. The molecule has 0 saturated carbocycles. The quantitative estimate of drug-likeness (QED) is 0.616. The van der Waals surface area contributed by atoms with Crippen LogP contribution in [0.3, 0.4) is 0 Å². The number of pyridine rings is 1. The molecule has 0 spiro atoms. The van der Waals surface area contributed by atoms with Gasteiger partial charge in [0.2, 0.25) is 15.9 Å². The second-order valence-corrected chi connectivity index (χ2v) is 9.03. The highest BCUT2D eigenvalue weighted by Crippen LogP contribution is 2.27. The van der Waals surface area contributed by atoms with Gasteiger partial charge in [0.15, 0.2) is 0 Å². The van der Waals surface area contributed by atoms with Crippen LogP contribution in [0.4, 0.5) is 0 Å². The molecule has 29 heavy (non-hydrogen) atoms. The first-order chi connectivity index (χ1) is 14.0. The van der Waals surface area contributed by atoms with E-state index in [-0.39, 0.29) is 11.0 Å². The standard InChI is InChI=1S/C22H24N2O4S/c1-3-27-21-10-9-19(14-16(21)2)29(25,26)24-13-12-18(15-24)28-22-11-8-17-6-4-5-7-20(17)23-22/h4-11,14,18H,3,12-13,15H2,1-2H3. The van der Waals surface area contributed by atoms with Gasteiger partial charge in [-0.3, -0.25) is 0 Å². The molecule has 1 fully saturated rings. The average Bonchev–Trinajstić information content (AvgIpc) is 3.19. The molecule has 3 aromatic rings. The zero-order chi connectivity index (χ0) is 20.4. The summed E-state index contributed by atoms with van der Waals surface area (Å²) in [5.74, 6) is 1.22. The van der Waals surface area contributed by atoms with Crippen molar-refractivity contribution in [2.24, 2.45) is 0 Å². The molecule has 7 heteroatoms. The Balaban J connectivity index is 1.47. The molecule has 0 radical (unpaired) electrons. The van der Waals surface area contributed by atoms with Gasteiger partial charge in [-0.25, -0.2) is 13.4 Å². The highest BCUT2D eigenvalue weighted by molar-refractivity contribution is 7.89. The predicted octanol–water partition coefficient (Wildman–Crippen LogP) is 3.78. The van der Waals surface area contributed by atoms with Crippen LogP contribution in [0.15, 0.2) is 59.5 Å². The third-order valence-corrected chi connectivity index (χ3v) is 6.91. The lowest BCUT2D eigenvalue weighted by molar-refractivity contribution is 0.207. The third-order valence-electron chi connectivity index (χ3n) is 5.05. The van der Waals surface area contributed by atoms with Crippen molar-refractivity contribution in [1.82, 2.24) is 9.29 Å². The van der Waals surface area contributed by atoms with Crippen molar-refractivity contribution in [3.05, 3.63) is 60.2 Å². The van der Waals surface area contributed by atoms with Crippen molar-refractivity contribution in [2.45, 2.75) is 31.3 Å². The van der Waals surface area contributed by atoms with Crippen molar-refractivity contribution in [3.8, 4) is 11.6 Å². The maximum absolute atomic E-state index is 13.0. The topological polar surface area (TPSA) is 68.7 Å². The molecule has 2 heterocycles. The number of sulfonamides is 1. The number of aryl methyl sites for hydroxylation is 1. The van der Waals surface area contributed by atoms with E-state index in [0.29, 0.717) is 37.7 Å². The first-order valence-electron chi connectivity index (χ1n) is 9.73. The molecule has 0 bridgehead atoms. The van der Waals surface area contributed by atoms with Gasteiger partial charge in [-0.05, 0) is 56.2 Å². The highest BCUT2D eigenvalue weighted by atomic mass is 32.2. The Morgan fingerprint density at radius 2 is 1.97 bits per heavy atom. The second-order valence-electron chi connectivity index (χ2n) is 7.09. The summed E-state index contributed by atoms with van der Waals surface area (Å²) in [7, 11) is -3.58. The molecule has 1 aliphatic heterocycles. The first kappa shape index (κ1) is 19.7. The molecule has 152 valence electrons. The average molecular weight is 413 g/mol. The van der Waals surface area contributed by atoms with Crippen molar-refractivity contribution >= 4 is 20.9 Å². The first-order valence-corrected chi connectivity index (χ1v) is 11.2. The number of nitrogens with zero attached hydrogens (tertiary/aromatic N) is 2. The SMILES string of the molecule is CCOc1ccc(S(=O)(=O)N2CCC(Oc3ccc4ccccc4n3)C2)cc1C. The van der Waals surface area contributed by atoms with E-state index in [0.717, 1.165) is 16.5 Å². The molecule has 1 saturated heterocycles. The van der Waals surface area contributed by atoms with Crippen LogP contribution in [-0.2, 0) is 10.0 Å². The number of aromatic nitrogens is 1. The van der Waals surface area contributed by atoms with Crippen LogP contribution in [0.25, 0.3) is 10.9 Å². The summed E-state index contributed by atoms with van der Waals surface area (Å²) in [6.07, 6.45) is 0.409. The molecule has 1 unspecified atom stereocenters. The van der Waals surface area contributed by atoms with Crippen LogP contribution in [0.2, 0.25) is 0 Å². The van der Waals surface area contributed by atoms with E-state index in [2.05, 4.69) is 4.98 Å². The number of hydrogen-bond donors (Lipinski definition) is 0. The summed E-state index contributed by atoms with van der Waals surface area (Å²) in [5, 5.41) is 1.04. The van der Waals surface area contributed by atoms with Gasteiger partial charge in [-0.1, -0.05) is 18.2 Å². The smallest absolute Gasteiger partial charge is 0.243 e. The molecule has 0 N–H and O–H groups in total. The van der Waals surface area contributed by atoms with Crippen LogP contribution in [0.1, 0.15) is 18.9 Å². The Morgan fingerprint density at radius 3 is 2.76 bits per heavy atom. The lowest BCUT2D eigenvalue weighted by Gasteiger charge is -2.18. The van der Waals surface area contributed by atoms with Gasteiger partial charge in [-0.15, -0.1) is 0 Å². The molecule has 4 rings (SSSR count). The largest absolute Gasteiger partial charge is 0.494 e. The van der Waals surface area contributed by atoms with Gasteiger partial charge in [-0.2, -0.15) is 4.31 Å². The molecule has 1 aliphatic rings. The monoisotopic (exact) mass is 412 g/mol. The van der Waals surface area contributed by atoms with Crippen LogP contribution in [0, 0.1) is 6.92 Å². The van der Waals surface area contributed by atoms with E-state index in [9.17, 15) is 8.42 Å². The van der Waals surface area contributed by atoms with Gasteiger partial charge in [0.25, 0.3) is 0 Å². The number of hydrogen-bond acceptors (Lipinski definition) is 5. The van der Waals surface area contributed by atoms with Gasteiger partial charge in [0.05, 0.1) is 23.6 Å². The Morgan fingerprint density at radius 1 is 1.14 bits per heavy atom. The zero-order valence-electron chi connectivity index (χ0n) is 16.5. The molecule has 0 aliphatic carbocycles. The molecule has 2 aromatic carbocycles. The molecular weight excluding hydrogens is 388 g/mol. The van der Waals surface area contributed by atoms with Crippen LogP contribution in [0.5, 0.6) is 11.6 Å². The molecule has 1 atom stereocenters. The Hall–Kier alpha value is -2.64. The normalized spacial score (nSPS) is 17.5. The lowest BCUT2D eigenvalue weighted by atomic mass is 10.2. The minimum absolute atomic E-state index is 0.220. The summed E-state index contributed by atoms with van der Waals surface area (Å²) in [6.45, 7) is 5.03. The highest BCUT2D eigenvalue weighted by Gasteiger charge is 2.34. The fourth-order valence-electron chi connectivity index (χ4n) is 3.54. The maximum Gasteiger partial charge on any atom is 0.243 e. The van der Waals surface area contributed by atoms with E-state index in [1.54, 1.807) is 18.2 Å². The predicted molar refractivity (Wildman–Crippen MR) is 112 cm³/mol. The molecular formula is C22H24N2O4S. The van der Waals surface area contributed by atoms with Gasteiger partial charge >= 0.3 is 0 Å². The number of benzene rings is 2. The second kappa shape index (κ2) is 8.00. The Kier molecular flexibility index (Phi) is 5.43. The van der Waals surface area contributed by atoms with Crippen molar-refractivity contribution in [3.63, 3.8) is 0 Å². The van der Waals surface area contributed by atoms with Crippen LogP contribution >= 0.6 is 0 Å². The number of para-hydroxylation sites is 1. The van der Waals surface area contributed by atoms with E-state index in [1.165, 1.54) is 4.31 Å². The fourth-order valence-corrected chi connectivity index (χ4v) is 5.12. The lowest BCUT2D eigenvalue weighted by Crippen LogP contribution is -2.31. The molecule has 1 aromatic heterocycles. The summed E-state index contributed by atoms with van der Waals surface area (Å²) < 4.78 is 39.1. The van der Waals surface area contributed by atoms with E-state index in [4.69, 9.17) is 9.47 Å².